The van der Waals surface area contributed by atoms with Gasteiger partial charge in [-0.15, -0.1) is 10.2 Å². The van der Waals surface area contributed by atoms with E-state index in [1.807, 2.05) is 30.3 Å². The molecular weight excluding hydrogens is 415 g/mol. The maximum atomic E-state index is 13.1. The third-order valence-corrected chi connectivity index (χ3v) is 4.63. The van der Waals surface area contributed by atoms with Crippen molar-refractivity contribution >= 4 is 11.7 Å². The fourth-order valence-electron chi connectivity index (χ4n) is 3.07. The lowest BCUT2D eigenvalue weighted by Gasteiger charge is -2.33. The highest BCUT2D eigenvalue weighted by molar-refractivity contribution is 5.92. The van der Waals surface area contributed by atoms with Gasteiger partial charge in [-0.1, -0.05) is 24.3 Å². The van der Waals surface area contributed by atoms with Crippen LogP contribution in [0.4, 0.5) is 23.7 Å². The van der Waals surface area contributed by atoms with E-state index >= 15 is 0 Å². The van der Waals surface area contributed by atoms with Crippen LogP contribution in [0, 0.1) is 0 Å². The van der Waals surface area contributed by atoms with Gasteiger partial charge in [-0.25, -0.2) is 4.79 Å². The molecule has 8 nitrogen and oxygen atoms in total. The second-order valence-corrected chi connectivity index (χ2v) is 6.77. The van der Waals surface area contributed by atoms with Crippen molar-refractivity contribution in [1.82, 2.24) is 20.1 Å². The van der Waals surface area contributed by atoms with Crippen LogP contribution in [-0.2, 0) is 17.5 Å². The second-order valence-electron chi connectivity index (χ2n) is 6.77. The number of carbonyl (C=O) groups is 1. The fourth-order valence-corrected chi connectivity index (χ4v) is 3.07. The van der Waals surface area contributed by atoms with Crippen molar-refractivity contribution in [1.29, 1.82) is 0 Å². The number of hydrogen-bond donors (Lipinski definition) is 0. The first-order valence-electron chi connectivity index (χ1n) is 9.47. The summed E-state index contributed by atoms with van der Waals surface area (Å²) in [4.78, 5) is 20.6. The summed E-state index contributed by atoms with van der Waals surface area (Å²) in [5.74, 6) is -1.76. The Morgan fingerprint density at radius 2 is 1.81 bits per heavy atom. The van der Waals surface area contributed by atoms with Crippen LogP contribution in [0.3, 0.4) is 0 Å². The summed E-state index contributed by atoms with van der Waals surface area (Å²) in [6.07, 6.45) is -3.25. The van der Waals surface area contributed by atoms with Crippen LogP contribution in [0.5, 0.6) is 0 Å². The zero-order valence-corrected chi connectivity index (χ0v) is 16.2. The molecule has 4 rings (SSSR count). The van der Waals surface area contributed by atoms with Crippen molar-refractivity contribution in [2.24, 2.45) is 0 Å². The van der Waals surface area contributed by atoms with Gasteiger partial charge in [-0.3, -0.25) is 9.88 Å². The van der Waals surface area contributed by atoms with Crippen LogP contribution in [-0.4, -0.2) is 52.4 Å². The number of pyridine rings is 1. The molecule has 1 aliphatic rings. The molecule has 2 aromatic heterocycles. The van der Waals surface area contributed by atoms with E-state index in [4.69, 9.17) is 4.74 Å². The Morgan fingerprint density at radius 3 is 2.42 bits per heavy atom. The van der Waals surface area contributed by atoms with E-state index in [2.05, 4.69) is 19.6 Å². The highest BCUT2D eigenvalue weighted by atomic mass is 19.4. The molecule has 0 spiro atoms. The van der Waals surface area contributed by atoms with Crippen molar-refractivity contribution in [3.05, 3.63) is 60.1 Å². The van der Waals surface area contributed by atoms with E-state index in [0.717, 1.165) is 5.69 Å². The number of ether oxygens (including phenoxy) is 1. The third kappa shape index (κ3) is 4.82. The summed E-state index contributed by atoms with van der Waals surface area (Å²) in [5, 5.41) is 6.40. The van der Waals surface area contributed by atoms with Gasteiger partial charge >= 0.3 is 18.1 Å². The predicted molar refractivity (Wildman–Crippen MR) is 103 cm³/mol. The van der Waals surface area contributed by atoms with Gasteiger partial charge in [-0.05, 0) is 23.8 Å². The minimum Gasteiger partial charge on any atom is -0.411 e. The molecule has 162 valence electrons. The number of anilines is 1. The van der Waals surface area contributed by atoms with Gasteiger partial charge in [0.1, 0.15) is 5.69 Å². The van der Waals surface area contributed by atoms with Gasteiger partial charge < -0.3 is 14.1 Å². The third-order valence-electron chi connectivity index (χ3n) is 4.63. The normalized spacial score (nSPS) is 14.5. The Kier molecular flexibility index (Phi) is 5.85. The zero-order chi connectivity index (χ0) is 21.8. The smallest absolute Gasteiger partial charge is 0.411 e. The molecule has 1 fully saturated rings. The van der Waals surface area contributed by atoms with Gasteiger partial charge in [-0.2, -0.15) is 13.2 Å². The molecule has 0 radical (unpaired) electrons. The topological polar surface area (TPSA) is 84.6 Å². The average molecular weight is 433 g/mol. The Bertz CT molecular complexity index is 1020. The monoisotopic (exact) mass is 433 g/mol. The lowest BCUT2D eigenvalue weighted by atomic mass is 10.2. The molecule has 2 amide bonds. The summed E-state index contributed by atoms with van der Waals surface area (Å²) in [5.41, 5.74) is 1.51. The molecule has 3 aromatic rings. The standard InChI is InChI=1S/C20H18F3N5O3/c21-20(22,23)18-26-25-17(31-18)16-7-6-14(12-24-16)13-28(15-4-2-1-3-5-15)19(29)27-8-10-30-11-9-27/h1-7,12H,8-11,13H2. The first-order chi connectivity index (χ1) is 14.9. The van der Waals surface area contributed by atoms with Crippen LogP contribution in [0.1, 0.15) is 11.5 Å². The molecule has 0 saturated carbocycles. The molecular formula is C20H18F3N5O3. The number of nitrogens with zero attached hydrogens (tertiary/aromatic N) is 5. The van der Waals surface area contributed by atoms with Gasteiger partial charge in [0, 0.05) is 25.0 Å². The lowest BCUT2D eigenvalue weighted by Crippen LogP contribution is -2.48. The molecule has 31 heavy (non-hydrogen) atoms. The summed E-state index contributed by atoms with van der Waals surface area (Å²) in [6.45, 7) is 2.19. The molecule has 1 saturated heterocycles. The van der Waals surface area contributed by atoms with Crippen molar-refractivity contribution in [2.75, 3.05) is 31.2 Å². The predicted octanol–water partition coefficient (Wildman–Crippen LogP) is 3.61. The van der Waals surface area contributed by atoms with Crippen molar-refractivity contribution in [3.8, 4) is 11.6 Å². The number of carbonyl (C=O) groups excluding carboxylic acids is 1. The number of alkyl halides is 3. The highest BCUT2D eigenvalue weighted by Gasteiger charge is 2.38. The number of rotatable bonds is 4. The minimum absolute atomic E-state index is 0.109. The van der Waals surface area contributed by atoms with E-state index in [1.165, 1.54) is 12.3 Å². The largest absolute Gasteiger partial charge is 0.470 e. The molecule has 0 N–H and O–H groups in total. The van der Waals surface area contributed by atoms with Crippen molar-refractivity contribution in [2.45, 2.75) is 12.7 Å². The van der Waals surface area contributed by atoms with E-state index in [-0.39, 0.29) is 24.2 Å². The van der Waals surface area contributed by atoms with Crippen LogP contribution >= 0.6 is 0 Å². The number of urea groups is 1. The average Bonchev–Trinajstić information content (AvgIpc) is 3.30. The van der Waals surface area contributed by atoms with E-state index < -0.39 is 12.1 Å². The Balaban J connectivity index is 1.54. The quantitative estimate of drug-likeness (QED) is 0.625. The number of hydrogen-bond acceptors (Lipinski definition) is 6. The molecule has 0 atom stereocenters. The Hall–Kier alpha value is -3.47. The summed E-state index contributed by atoms with van der Waals surface area (Å²) < 4.78 is 47.9. The van der Waals surface area contributed by atoms with Crippen LogP contribution in [0.25, 0.3) is 11.6 Å². The number of para-hydroxylation sites is 1. The number of amides is 2. The molecule has 3 heterocycles. The van der Waals surface area contributed by atoms with Crippen molar-refractivity contribution in [3.63, 3.8) is 0 Å². The maximum absolute atomic E-state index is 13.1. The maximum Gasteiger partial charge on any atom is 0.470 e. The second kappa shape index (κ2) is 8.72. The number of aromatic nitrogens is 3. The first-order valence-corrected chi connectivity index (χ1v) is 9.47. The summed E-state index contributed by atoms with van der Waals surface area (Å²) in [6, 6.07) is 12.2. The van der Waals surface area contributed by atoms with Gasteiger partial charge in [0.25, 0.3) is 5.89 Å². The highest BCUT2D eigenvalue weighted by Crippen LogP contribution is 2.30. The number of morpholine rings is 1. The number of benzene rings is 1. The summed E-state index contributed by atoms with van der Waals surface area (Å²) >= 11 is 0. The van der Waals surface area contributed by atoms with Crippen LogP contribution in [0.2, 0.25) is 0 Å². The molecule has 0 bridgehead atoms. The minimum atomic E-state index is -4.72. The molecule has 11 heteroatoms. The van der Waals surface area contributed by atoms with E-state index in [1.54, 1.807) is 15.9 Å². The fraction of sp³-hybridized carbons (Fsp3) is 0.300. The van der Waals surface area contributed by atoms with Crippen LogP contribution < -0.4 is 4.90 Å². The molecule has 0 unspecified atom stereocenters. The SMILES string of the molecule is O=C(N1CCOCC1)N(Cc1ccc(-c2nnc(C(F)(F)F)o2)nc1)c1ccccc1. The first kappa shape index (κ1) is 20.8. The van der Waals surface area contributed by atoms with Gasteiger partial charge in [0.2, 0.25) is 0 Å². The van der Waals surface area contributed by atoms with Crippen LogP contribution in [0.15, 0.2) is 53.1 Å². The lowest BCUT2D eigenvalue weighted by molar-refractivity contribution is -0.156. The van der Waals surface area contributed by atoms with Crippen molar-refractivity contribution < 1.29 is 27.1 Å². The molecule has 1 aromatic carbocycles. The molecule has 0 aliphatic carbocycles. The Morgan fingerprint density at radius 1 is 1.06 bits per heavy atom. The summed E-state index contributed by atoms with van der Waals surface area (Å²) in [7, 11) is 0. The Labute approximate surface area is 175 Å². The zero-order valence-electron chi connectivity index (χ0n) is 16.2. The van der Waals surface area contributed by atoms with E-state index in [0.29, 0.717) is 31.9 Å². The van der Waals surface area contributed by atoms with Gasteiger partial charge in [0.05, 0.1) is 19.8 Å². The number of halogens is 3. The molecule has 1 aliphatic heterocycles. The van der Waals surface area contributed by atoms with E-state index in [9.17, 15) is 18.0 Å². The van der Waals surface area contributed by atoms with Gasteiger partial charge in [0.15, 0.2) is 0 Å².